The molecule has 0 radical (unpaired) electrons. The van der Waals surface area contributed by atoms with Gasteiger partial charge >= 0.3 is 0 Å². The first-order chi connectivity index (χ1) is 17.0. The molecule has 0 aromatic rings. The summed E-state index contributed by atoms with van der Waals surface area (Å²) in [5.41, 5.74) is 0. The van der Waals surface area contributed by atoms with Gasteiger partial charge < -0.3 is 19.3 Å². The first-order valence-electron chi connectivity index (χ1n) is 10.3. The summed E-state index contributed by atoms with van der Waals surface area (Å²) in [5, 5.41) is 21.7. The van der Waals surface area contributed by atoms with Crippen molar-refractivity contribution in [3.8, 4) is 0 Å². The molecule has 0 aliphatic carbocycles. The van der Waals surface area contributed by atoms with Gasteiger partial charge in [0.15, 0.2) is 20.4 Å². The molecule has 0 saturated heterocycles. The topological polar surface area (TPSA) is 121 Å². The lowest BCUT2D eigenvalue weighted by Crippen LogP contribution is -2.12. The molecule has 2 unspecified atom stereocenters. The van der Waals surface area contributed by atoms with Crippen molar-refractivity contribution in [1.29, 1.82) is 0 Å². The molecule has 0 amide bonds. The molecule has 208 valence electrons. The molecule has 0 spiro atoms. The van der Waals surface area contributed by atoms with E-state index in [4.69, 9.17) is 10.2 Å². The van der Waals surface area contributed by atoms with Gasteiger partial charge in [-0.05, 0) is 22.4 Å². The fraction of sp³-hybridized carbons (Fsp3) is 0.889. The first kappa shape index (κ1) is 38.0. The molecule has 0 heterocycles. The number of aliphatic hydroxyl groups excluding tert-OH is 2. The van der Waals surface area contributed by atoms with Crippen LogP contribution in [0.3, 0.4) is 0 Å². The number of carbonyl (C=O) groups excluding carboxylic acids is 2. The van der Waals surface area contributed by atoms with Crippen LogP contribution in [0.4, 0.5) is 0 Å². The maximum Gasteiger partial charge on any atom is 0.199 e. The van der Waals surface area contributed by atoms with Gasteiger partial charge in [-0.2, -0.15) is 0 Å². The second-order valence-electron chi connectivity index (χ2n) is 6.01. The van der Waals surface area contributed by atoms with Gasteiger partial charge in [0.25, 0.3) is 0 Å². The fourth-order valence-electron chi connectivity index (χ4n) is 1.68. The largest absolute Gasteiger partial charge is 0.616 e. The molecular formula is C18H34O6S11. The number of hydrogen-bond acceptors (Lipinski definition) is 15. The van der Waals surface area contributed by atoms with Crippen molar-refractivity contribution in [2.75, 3.05) is 89.7 Å². The standard InChI is InChI=1S/C18H34O6S11/c19-1-3-27-11-29-13-32-17(21)9-25-6-8-35(24)16-31-14-33-18(22)10-26-5-7-34(23)15-30-12-28-4-2-20/h19-20H,1-16H2. The molecule has 0 aliphatic heterocycles. The van der Waals surface area contributed by atoms with Gasteiger partial charge in [-0.3, -0.25) is 9.59 Å². The highest BCUT2D eigenvalue weighted by Crippen LogP contribution is 2.21. The molecule has 35 heavy (non-hydrogen) atoms. The third-order valence-corrected chi connectivity index (χ3v) is 17.6. The van der Waals surface area contributed by atoms with Crippen molar-refractivity contribution in [3.63, 3.8) is 0 Å². The molecule has 6 nitrogen and oxygen atoms in total. The zero-order valence-electron chi connectivity index (χ0n) is 19.3. The Balaban J connectivity index is 3.48. The SMILES string of the molecule is O=C(CSCC[S+]([O-])CSCSC(=O)CSCC[S+]([O-])CSCSCCO)SCSCSCCO. The van der Waals surface area contributed by atoms with Gasteiger partial charge in [0.1, 0.15) is 11.5 Å². The lowest BCUT2D eigenvalue weighted by Gasteiger charge is -2.10. The van der Waals surface area contributed by atoms with Crippen LogP contribution >= 0.6 is 106 Å². The van der Waals surface area contributed by atoms with Gasteiger partial charge in [0, 0.05) is 38.3 Å². The van der Waals surface area contributed by atoms with E-state index in [-0.39, 0.29) is 23.4 Å². The molecule has 0 rings (SSSR count). The first-order valence-corrected chi connectivity index (χ1v) is 23.3. The van der Waals surface area contributed by atoms with Gasteiger partial charge in [-0.1, -0.05) is 47.0 Å². The summed E-state index contributed by atoms with van der Waals surface area (Å²) in [6, 6.07) is 0. The molecule has 0 bridgehead atoms. The number of carbonyl (C=O) groups is 2. The van der Waals surface area contributed by atoms with Crippen LogP contribution in [0.5, 0.6) is 0 Å². The zero-order chi connectivity index (χ0) is 26.0. The summed E-state index contributed by atoms with van der Waals surface area (Å²) in [7, 11) is 0. The minimum Gasteiger partial charge on any atom is -0.616 e. The van der Waals surface area contributed by atoms with E-state index in [9.17, 15) is 18.7 Å². The summed E-state index contributed by atoms with van der Waals surface area (Å²) in [5.74, 6) is 4.77. The number of rotatable bonds is 26. The van der Waals surface area contributed by atoms with Crippen molar-refractivity contribution in [2.24, 2.45) is 0 Å². The third kappa shape index (κ3) is 29.8. The summed E-state index contributed by atoms with van der Waals surface area (Å²) in [4.78, 5) is 23.7. The molecule has 0 saturated carbocycles. The maximum absolute atomic E-state index is 12.1. The van der Waals surface area contributed by atoms with Crippen LogP contribution in [0, 0.1) is 0 Å². The average molecular weight is 699 g/mol. The molecule has 17 heteroatoms. The van der Waals surface area contributed by atoms with E-state index in [2.05, 4.69) is 0 Å². The van der Waals surface area contributed by atoms with Crippen molar-refractivity contribution < 1.29 is 28.9 Å². The molecule has 0 aromatic carbocycles. The Morgan fingerprint density at radius 3 is 1.49 bits per heavy atom. The fourth-order valence-corrected chi connectivity index (χ4v) is 14.8. The predicted molar refractivity (Wildman–Crippen MR) is 177 cm³/mol. The van der Waals surface area contributed by atoms with Crippen molar-refractivity contribution in [3.05, 3.63) is 0 Å². The van der Waals surface area contributed by atoms with Crippen LogP contribution in [0.25, 0.3) is 0 Å². The van der Waals surface area contributed by atoms with E-state index in [1.807, 2.05) is 0 Å². The van der Waals surface area contributed by atoms with E-state index in [1.54, 1.807) is 47.0 Å². The molecule has 0 aromatic heterocycles. The second kappa shape index (κ2) is 30.0. The Bertz CT molecular complexity index is 510. The number of hydrogen-bond donors (Lipinski definition) is 2. The summed E-state index contributed by atoms with van der Waals surface area (Å²) in [6.07, 6.45) is 0. The van der Waals surface area contributed by atoms with Crippen molar-refractivity contribution in [1.82, 2.24) is 0 Å². The Kier molecular flexibility index (Phi) is 32.6. The number of aliphatic hydroxyl groups is 2. The summed E-state index contributed by atoms with van der Waals surface area (Å²) in [6.45, 7) is 0.353. The molecule has 2 atom stereocenters. The molecule has 2 N–H and O–H groups in total. The van der Waals surface area contributed by atoms with E-state index in [0.29, 0.717) is 55.5 Å². The van der Waals surface area contributed by atoms with Crippen LogP contribution in [0.1, 0.15) is 0 Å². The Labute approximate surface area is 254 Å². The van der Waals surface area contributed by atoms with Gasteiger partial charge in [-0.25, -0.2) is 0 Å². The van der Waals surface area contributed by atoms with Crippen LogP contribution < -0.4 is 0 Å². The maximum atomic E-state index is 12.1. The minimum atomic E-state index is -0.960. The van der Waals surface area contributed by atoms with Gasteiger partial charge in [0.05, 0.1) is 29.8 Å². The third-order valence-electron chi connectivity index (χ3n) is 3.19. The smallest absolute Gasteiger partial charge is 0.199 e. The number of thioether (sulfide) groups is 9. The molecule has 0 aliphatic rings. The van der Waals surface area contributed by atoms with E-state index >= 15 is 0 Å². The van der Waals surface area contributed by atoms with E-state index < -0.39 is 22.4 Å². The minimum absolute atomic E-state index is 0.0885. The Morgan fingerprint density at radius 1 is 0.571 bits per heavy atom. The van der Waals surface area contributed by atoms with Crippen LogP contribution in [-0.2, 0) is 31.9 Å². The predicted octanol–water partition coefficient (Wildman–Crippen LogP) is 3.87. The van der Waals surface area contributed by atoms with Gasteiger partial charge in [0.2, 0.25) is 0 Å². The van der Waals surface area contributed by atoms with Crippen LogP contribution in [-0.4, -0.2) is 119 Å². The highest BCUT2D eigenvalue weighted by molar-refractivity contribution is 8.28. The lowest BCUT2D eigenvalue weighted by atomic mass is 10.9. The zero-order valence-corrected chi connectivity index (χ0v) is 28.3. The summed E-state index contributed by atoms with van der Waals surface area (Å²) < 4.78 is 23.9. The monoisotopic (exact) mass is 698 g/mol. The highest BCUT2D eigenvalue weighted by atomic mass is 32.3. The average Bonchev–Trinajstić information content (AvgIpc) is 2.84. The van der Waals surface area contributed by atoms with E-state index in [0.717, 1.165) is 21.0 Å². The van der Waals surface area contributed by atoms with Gasteiger partial charge in [-0.15, -0.1) is 58.8 Å². The van der Waals surface area contributed by atoms with Crippen molar-refractivity contribution in [2.45, 2.75) is 0 Å². The normalized spacial score (nSPS) is 13.1. The summed E-state index contributed by atoms with van der Waals surface area (Å²) >= 11 is 11.8. The second-order valence-corrected chi connectivity index (χ2v) is 20.8. The van der Waals surface area contributed by atoms with Crippen LogP contribution in [0.2, 0.25) is 0 Å². The Hall–Kier alpha value is 3.03. The van der Waals surface area contributed by atoms with Crippen molar-refractivity contribution >= 4 is 138 Å². The Morgan fingerprint density at radius 2 is 1.00 bits per heavy atom. The lowest BCUT2D eigenvalue weighted by molar-refractivity contribution is -0.109. The highest BCUT2D eigenvalue weighted by Gasteiger charge is 2.11. The quantitative estimate of drug-likeness (QED) is 0.0772. The van der Waals surface area contributed by atoms with Crippen LogP contribution in [0.15, 0.2) is 0 Å². The van der Waals surface area contributed by atoms with E-state index in [1.165, 1.54) is 58.8 Å². The molecular weight excluding hydrogens is 665 g/mol. The molecule has 0 fully saturated rings.